The fraction of sp³-hybridized carbons (Fsp3) is 0.643. The van der Waals surface area contributed by atoms with Gasteiger partial charge in [0.15, 0.2) is 0 Å². The Bertz CT molecular complexity index is 531. The zero-order valence-corrected chi connectivity index (χ0v) is 12.1. The van der Waals surface area contributed by atoms with E-state index in [9.17, 15) is 10.1 Å². The number of aromatic nitrogens is 1. The second-order valence-corrected chi connectivity index (χ2v) is 5.56. The number of hydrogen-bond acceptors (Lipinski definition) is 6. The molecule has 0 radical (unpaired) electrons. The molecule has 3 heterocycles. The molecule has 0 spiro atoms. The van der Waals surface area contributed by atoms with Crippen molar-refractivity contribution in [1.29, 1.82) is 0 Å². The molecule has 114 valence electrons. The summed E-state index contributed by atoms with van der Waals surface area (Å²) in [5.74, 6) is 0.858. The van der Waals surface area contributed by atoms with Gasteiger partial charge in [-0.05, 0) is 32.2 Å². The summed E-state index contributed by atoms with van der Waals surface area (Å²) < 4.78 is 5.13. The molecule has 7 nitrogen and oxygen atoms in total. The molecule has 2 saturated heterocycles. The summed E-state index contributed by atoms with van der Waals surface area (Å²) in [4.78, 5) is 17.4. The van der Waals surface area contributed by atoms with Crippen LogP contribution in [0.15, 0.2) is 12.1 Å². The summed E-state index contributed by atoms with van der Waals surface area (Å²) in [6, 6.07) is 3.71. The van der Waals surface area contributed by atoms with Crippen molar-refractivity contribution in [3.05, 3.63) is 22.2 Å². The second kappa shape index (κ2) is 5.85. The van der Waals surface area contributed by atoms with Gasteiger partial charge in [0.05, 0.1) is 12.0 Å². The van der Waals surface area contributed by atoms with Gasteiger partial charge in [0.1, 0.15) is 0 Å². The largest absolute Gasteiger partial charge is 0.481 e. The summed E-state index contributed by atoms with van der Waals surface area (Å²) in [5.41, 5.74) is 0.0562. The third-order valence-electron chi connectivity index (χ3n) is 4.37. The molecular formula is C14H20N4O3. The number of rotatable bonds is 4. The fourth-order valence-electron chi connectivity index (χ4n) is 3.40. The van der Waals surface area contributed by atoms with Gasteiger partial charge < -0.3 is 15.0 Å². The van der Waals surface area contributed by atoms with Crippen LogP contribution in [0.1, 0.15) is 25.7 Å². The fourth-order valence-corrected chi connectivity index (χ4v) is 3.40. The minimum Gasteiger partial charge on any atom is -0.481 e. The van der Waals surface area contributed by atoms with Crippen LogP contribution >= 0.6 is 0 Å². The molecule has 3 rings (SSSR count). The lowest BCUT2D eigenvalue weighted by molar-refractivity contribution is -0.384. The van der Waals surface area contributed by atoms with E-state index in [1.165, 1.54) is 19.6 Å². The Hall–Kier alpha value is -1.89. The monoisotopic (exact) mass is 292 g/mol. The first-order valence-electron chi connectivity index (χ1n) is 7.40. The van der Waals surface area contributed by atoms with E-state index in [2.05, 4.69) is 15.2 Å². The van der Waals surface area contributed by atoms with E-state index in [0.29, 0.717) is 17.7 Å². The van der Waals surface area contributed by atoms with Gasteiger partial charge in [0, 0.05) is 30.8 Å². The molecule has 0 aliphatic carbocycles. The van der Waals surface area contributed by atoms with E-state index in [1.807, 2.05) is 0 Å². The Morgan fingerprint density at radius 3 is 2.95 bits per heavy atom. The van der Waals surface area contributed by atoms with Gasteiger partial charge in [-0.25, -0.2) is 0 Å². The molecule has 0 amide bonds. The van der Waals surface area contributed by atoms with Crippen molar-refractivity contribution in [2.24, 2.45) is 0 Å². The molecule has 2 aliphatic heterocycles. The Morgan fingerprint density at radius 1 is 1.43 bits per heavy atom. The summed E-state index contributed by atoms with van der Waals surface area (Å²) in [6.07, 6.45) is 4.38. The third-order valence-corrected chi connectivity index (χ3v) is 4.37. The first-order chi connectivity index (χ1) is 10.2. The number of hydrogen-bond donors (Lipinski definition) is 1. The van der Waals surface area contributed by atoms with E-state index < -0.39 is 0 Å². The van der Waals surface area contributed by atoms with Crippen LogP contribution < -0.4 is 15.0 Å². The van der Waals surface area contributed by atoms with Gasteiger partial charge in [-0.3, -0.25) is 10.1 Å². The van der Waals surface area contributed by atoms with Crippen LogP contribution in [0.3, 0.4) is 0 Å². The summed E-state index contributed by atoms with van der Waals surface area (Å²) in [6.45, 7) is 1.84. The highest BCUT2D eigenvalue weighted by atomic mass is 16.6. The van der Waals surface area contributed by atoms with Gasteiger partial charge in [-0.2, -0.15) is 4.98 Å². The van der Waals surface area contributed by atoms with Crippen molar-refractivity contribution >= 4 is 11.5 Å². The lowest BCUT2D eigenvalue weighted by Gasteiger charge is -2.30. The zero-order valence-electron chi connectivity index (χ0n) is 12.1. The van der Waals surface area contributed by atoms with Crippen molar-refractivity contribution in [1.82, 2.24) is 10.3 Å². The lowest BCUT2D eigenvalue weighted by Crippen LogP contribution is -2.44. The standard InChI is InChI=1S/C14H20N4O3/c1-21-13-7-6-12(18(19)20)14(16-13)17-9-3-5-11(17)10-4-2-8-15-10/h6-7,10-11,15H,2-5,8-9H2,1H3. The molecule has 1 aromatic heterocycles. The minimum atomic E-state index is -0.362. The van der Waals surface area contributed by atoms with Gasteiger partial charge in [0.25, 0.3) is 0 Å². The highest BCUT2D eigenvalue weighted by Crippen LogP contribution is 2.35. The van der Waals surface area contributed by atoms with Crippen LogP contribution in [-0.2, 0) is 0 Å². The average molecular weight is 292 g/mol. The van der Waals surface area contributed by atoms with Gasteiger partial charge in [-0.1, -0.05) is 0 Å². The van der Waals surface area contributed by atoms with Crippen LogP contribution in [0.4, 0.5) is 11.5 Å². The van der Waals surface area contributed by atoms with Crippen LogP contribution in [0.5, 0.6) is 5.88 Å². The molecule has 2 atom stereocenters. The topological polar surface area (TPSA) is 80.5 Å². The number of nitrogens with one attached hydrogen (secondary N) is 1. The summed E-state index contributed by atoms with van der Waals surface area (Å²) in [5, 5.41) is 14.8. The van der Waals surface area contributed by atoms with E-state index in [1.54, 1.807) is 6.07 Å². The molecule has 2 unspecified atom stereocenters. The number of pyridine rings is 1. The predicted molar refractivity (Wildman–Crippen MR) is 78.8 cm³/mol. The van der Waals surface area contributed by atoms with E-state index in [4.69, 9.17) is 4.74 Å². The molecular weight excluding hydrogens is 272 g/mol. The first-order valence-corrected chi connectivity index (χ1v) is 7.40. The van der Waals surface area contributed by atoms with Crippen LogP contribution in [0, 0.1) is 10.1 Å². The van der Waals surface area contributed by atoms with Crippen molar-refractivity contribution < 1.29 is 9.66 Å². The number of nitrogens with zero attached hydrogens (tertiary/aromatic N) is 3. The van der Waals surface area contributed by atoms with Gasteiger partial charge in [-0.15, -0.1) is 0 Å². The van der Waals surface area contributed by atoms with Crippen molar-refractivity contribution in [2.45, 2.75) is 37.8 Å². The highest BCUT2D eigenvalue weighted by molar-refractivity contribution is 5.60. The quantitative estimate of drug-likeness (QED) is 0.672. The number of ether oxygens (including phenoxy) is 1. The number of anilines is 1. The van der Waals surface area contributed by atoms with Crippen molar-refractivity contribution in [3.63, 3.8) is 0 Å². The van der Waals surface area contributed by atoms with Crippen molar-refractivity contribution in [2.75, 3.05) is 25.1 Å². The Morgan fingerprint density at radius 2 is 2.29 bits per heavy atom. The minimum absolute atomic E-state index is 0.0562. The van der Waals surface area contributed by atoms with E-state index >= 15 is 0 Å². The Labute approximate surface area is 123 Å². The molecule has 0 bridgehead atoms. The average Bonchev–Trinajstić information content (AvgIpc) is 3.16. The first kappa shape index (κ1) is 14.1. The maximum absolute atomic E-state index is 11.3. The Kier molecular flexibility index (Phi) is 3.92. The van der Waals surface area contributed by atoms with E-state index in [0.717, 1.165) is 32.4 Å². The van der Waals surface area contributed by atoms with Crippen LogP contribution in [0.25, 0.3) is 0 Å². The van der Waals surface area contributed by atoms with E-state index in [-0.39, 0.29) is 16.7 Å². The smallest absolute Gasteiger partial charge is 0.311 e. The highest BCUT2D eigenvalue weighted by Gasteiger charge is 2.37. The molecule has 0 saturated carbocycles. The molecule has 2 aliphatic rings. The normalized spacial score (nSPS) is 25.3. The van der Waals surface area contributed by atoms with Crippen LogP contribution in [0.2, 0.25) is 0 Å². The number of nitro groups is 1. The predicted octanol–water partition coefficient (Wildman–Crippen LogP) is 1.72. The molecule has 2 fully saturated rings. The SMILES string of the molecule is COc1ccc([N+](=O)[O-])c(N2CCCC2C2CCCN2)n1. The summed E-state index contributed by atoms with van der Waals surface area (Å²) >= 11 is 0. The van der Waals surface area contributed by atoms with Gasteiger partial charge >= 0.3 is 5.69 Å². The van der Waals surface area contributed by atoms with Crippen LogP contribution in [-0.4, -0.2) is 42.2 Å². The Balaban J connectivity index is 1.95. The maximum atomic E-state index is 11.3. The molecule has 1 N–H and O–H groups in total. The number of methoxy groups -OCH3 is 1. The molecule has 21 heavy (non-hydrogen) atoms. The molecule has 1 aromatic rings. The lowest BCUT2D eigenvalue weighted by atomic mass is 10.0. The summed E-state index contributed by atoms with van der Waals surface area (Å²) in [7, 11) is 1.53. The second-order valence-electron chi connectivity index (χ2n) is 5.56. The molecule has 7 heteroatoms. The van der Waals surface area contributed by atoms with Crippen molar-refractivity contribution in [3.8, 4) is 5.88 Å². The molecule has 0 aromatic carbocycles. The third kappa shape index (κ3) is 2.65. The van der Waals surface area contributed by atoms with Gasteiger partial charge in [0.2, 0.25) is 11.7 Å². The zero-order chi connectivity index (χ0) is 14.8. The maximum Gasteiger partial charge on any atom is 0.311 e.